The van der Waals surface area contributed by atoms with E-state index in [0.29, 0.717) is 29.9 Å². The first-order valence-corrected chi connectivity index (χ1v) is 12.9. The summed E-state index contributed by atoms with van der Waals surface area (Å²) in [6.45, 7) is 4.26. The standard InChI is InChI=1S/C29H32N6O3/c1-33-14-16-34(17-15-33)24-11-12-31-25(19-24)29(38)35-13-3-6-26(35)28(37)32-23-5-2-4-22(18-23)20-7-9-21(10-8-20)27(30)36/h2,4-5,7-12,18-19,26H,3,6,13-17H2,1H3,(H2,30,36)(H,32,37)/t26-/m1/s1. The molecule has 1 aromatic heterocycles. The maximum absolute atomic E-state index is 13.4. The lowest BCUT2D eigenvalue weighted by Crippen LogP contribution is -2.45. The number of anilines is 2. The van der Waals surface area contributed by atoms with Gasteiger partial charge in [0, 0.05) is 55.9 Å². The molecule has 3 aromatic rings. The van der Waals surface area contributed by atoms with Gasteiger partial charge in [0.25, 0.3) is 5.91 Å². The number of hydrogen-bond donors (Lipinski definition) is 2. The van der Waals surface area contributed by atoms with Gasteiger partial charge in [-0.05, 0) is 67.4 Å². The van der Waals surface area contributed by atoms with Crippen LogP contribution in [-0.4, -0.2) is 78.3 Å². The van der Waals surface area contributed by atoms with Crippen LogP contribution in [-0.2, 0) is 4.79 Å². The highest BCUT2D eigenvalue weighted by Gasteiger charge is 2.35. The second-order valence-corrected chi connectivity index (χ2v) is 9.86. The van der Waals surface area contributed by atoms with E-state index >= 15 is 0 Å². The molecule has 3 heterocycles. The second kappa shape index (κ2) is 11.0. The summed E-state index contributed by atoms with van der Waals surface area (Å²) < 4.78 is 0. The third kappa shape index (κ3) is 5.52. The van der Waals surface area contributed by atoms with Crippen molar-refractivity contribution >= 4 is 29.1 Å². The molecule has 0 bridgehead atoms. The van der Waals surface area contributed by atoms with Gasteiger partial charge in [0.15, 0.2) is 0 Å². The maximum Gasteiger partial charge on any atom is 0.273 e. The molecule has 0 radical (unpaired) electrons. The Balaban J connectivity index is 1.27. The Morgan fingerprint density at radius 3 is 2.42 bits per heavy atom. The van der Waals surface area contributed by atoms with Gasteiger partial charge in [0.2, 0.25) is 11.8 Å². The molecular weight excluding hydrogens is 480 g/mol. The largest absolute Gasteiger partial charge is 0.369 e. The lowest BCUT2D eigenvalue weighted by Gasteiger charge is -2.34. The van der Waals surface area contributed by atoms with Crippen LogP contribution >= 0.6 is 0 Å². The number of aromatic nitrogens is 1. The Morgan fingerprint density at radius 1 is 0.921 bits per heavy atom. The smallest absolute Gasteiger partial charge is 0.273 e. The molecule has 2 fully saturated rings. The van der Waals surface area contributed by atoms with Crippen LogP contribution in [0.3, 0.4) is 0 Å². The molecule has 2 aromatic carbocycles. The highest BCUT2D eigenvalue weighted by atomic mass is 16.2. The maximum atomic E-state index is 13.4. The van der Waals surface area contributed by atoms with E-state index in [0.717, 1.165) is 49.4 Å². The first kappa shape index (κ1) is 25.4. The van der Waals surface area contributed by atoms with Gasteiger partial charge in [-0.3, -0.25) is 19.4 Å². The molecule has 2 aliphatic rings. The predicted molar refractivity (Wildman–Crippen MR) is 147 cm³/mol. The third-order valence-corrected chi connectivity index (χ3v) is 7.28. The fraction of sp³-hybridized carbons (Fsp3) is 0.310. The van der Waals surface area contributed by atoms with Crippen molar-refractivity contribution in [3.63, 3.8) is 0 Å². The predicted octanol–water partition coefficient (Wildman–Crippen LogP) is 2.84. The highest BCUT2D eigenvalue weighted by molar-refractivity contribution is 6.01. The lowest BCUT2D eigenvalue weighted by molar-refractivity contribution is -0.119. The van der Waals surface area contributed by atoms with Gasteiger partial charge in [-0.15, -0.1) is 0 Å². The number of nitrogens with one attached hydrogen (secondary N) is 1. The number of piperazine rings is 1. The summed E-state index contributed by atoms with van der Waals surface area (Å²) in [6.07, 6.45) is 3.03. The van der Waals surface area contributed by atoms with Gasteiger partial charge in [-0.2, -0.15) is 0 Å². The highest BCUT2D eigenvalue weighted by Crippen LogP contribution is 2.26. The zero-order valence-electron chi connectivity index (χ0n) is 21.5. The fourth-order valence-corrected chi connectivity index (χ4v) is 5.06. The van der Waals surface area contributed by atoms with Gasteiger partial charge in [-0.25, -0.2) is 0 Å². The molecule has 9 heteroatoms. The Hall–Kier alpha value is -4.24. The van der Waals surface area contributed by atoms with E-state index in [4.69, 9.17) is 5.73 Å². The van der Waals surface area contributed by atoms with Crippen LogP contribution in [0.15, 0.2) is 66.9 Å². The molecule has 3 amide bonds. The number of carbonyl (C=O) groups is 3. The summed E-state index contributed by atoms with van der Waals surface area (Å²) in [4.78, 5) is 48.6. The number of likely N-dealkylation sites (tertiary alicyclic amines) is 1. The molecule has 1 atom stereocenters. The number of pyridine rings is 1. The summed E-state index contributed by atoms with van der Waals surface area (Å²) in [6, 6.07) is 17.7. The van der Waals surface area contributed by atoms with E-state index in [9.17, 15) is 14.4 Å². The fourth-order valence-electron chi connectivity index (χ4n) is 5.06. The number of likely N-dealkylation sites (N-methyl/N-ethyl adjacent to an activating group) is 1. The molecule has 38 heavy (non-hydrogen) atoms. The van der Waals surface area contributed by atoms with Gasteiger partial charge >= 0.3 is 0 Å². The van der Waals surface area contributed by atoms with Gasteiger partial charge in [-0.1, -0.05) is 24.3 Å². The van der Waals surface area contributed by atoms with Crippen LogP contribution in [0.1, 0.15) is 33.7 Å². The minimum Gasteiger partial charge on any atom is -0.369 e. The van der Waals surface area contributed by atoms with Gasteiger partial charge in [0.05, 0.1) is 0 Å². The molecule has 0 spiro atoms. The number of carbonyl (C=O) groups excluding carboxylic acids is 3. The average molecular weight is 513 g/mol. The number of nitrogens with zero attached hydrogens (tertiary/aromatic N) is 4. The lowest BCUT2D eigenvalue weighted by atomic mass is 10.0. The van der Waals surface area contributed by atoms with Crippen molar-refractivity contribution in [2.45, 2.75) is 18.9 Å². The zero-order valence-corrected chi connectivity index (χ0v) is 21.5. The van der Waals surface area contributed by atoms with Crippen LogP contribution < -0.4 is 16.0 Å². The van der Waals surface area contributed by atoms with Gasteiger partial charge < -0.3 is 25.8 Å². The zero-order chi connectivity index (χ0) is 26.6. The third-order valence-electron chi connectivity index (χ3n) is 7.28. The van der Waals surface area contributed by atoms with Crippen molar-refractivity contribution in [2.75, 3.05) is 50.0 Å². The molecule has 5 rings (SSSR count). The van der Waals surface area contributed by atoms with E-state index in [1.807, 2.05) is 48.5 Å². The van der Waals surface area contributed by atoms with E-state index in [-0.39, 0.29) is 11.8 Å². The monoisotopic (exact) mass is 512 g/mol. The molecule has 3 N–H and O–H groups in total. The van der Waals surface area contributed by atoms with Crippen LogP contribution in [0, 0.1) is 0 Å². The first-order valence-electron chi connectivity index (χ1n) is 12.9. The molecule has 0 unspecified atom stereocenters. The quantitative estimate of drug-likeness (QED) is 0.525. The van der Waals surface area contributed by atoms with Crippen molar-refractivity contribution in [1.29, 1.82) is 0 Å². The van der Waals surface area contributed by atoms with Crippen molar-refractivity contribution in [3.8, 4) is 11.1 Å². The second-order valence-electron chi connectivity index (χ2n) is 9.86. The normalized spacial score (nSPS) is 17.9. The minimum absolute atomic E-state index is 0.215. The van der Waals surface area contributed by atoms with E-state index in [1.165, 1.54) is 0 Å². The summed E-state index contributed by atoms with van der Waals surface area (Å²) in [5, 5.41) is 2.99. The molecule has 0 saturated carbocycles. The number of primary amides is 1. The number of amides is 3. The summed E-state index contributed by atoms with van der Waals surface area (Å²) in [5.74, 6) is -0.913. The molecule has 2 aliphatic heterocycles. The Kier molecular flexibility index (Phi) is 7.37. The average Bonchev–Trinajstić information content (AvgIpc) is 3.44. The van der Waals surface area contributed by atoms with E-state index in [1.54, 1.807) is 23.2 Å². The SMILES string of the molecule is CN1CCN(c2ccnc(C(=O)N3CCC[C@@H]3C(=O)Nc3cccc(-c4ccc(C(N)=O)cc4)c3)c2)CC1. The number of benzene rings is 2. The van der Waals surface area contributed by atoms with Gasteiger partial charge in [0.1, 0.15) is 11.7 Å². The number of hydrogen-bond acceptors (Lipinski definition) is 6. The van der Waals surface area contributed by atoms with Crippen molar-refractivity contribution in [3.05, 3.63) is 78.1 Å². The topological polar surface area (TPSA) is 112 Å². The summed E-state index contributed by atoms with van der Waals surface area (Å²) in [5.41, 5.74) is 9.55. The Bertz CT molecular complexity index is 1330. The van der Waals surface area contributed by atoms with Crippen LogP contribution in [0.5, 0.6) is 0 Å². The summed E-state index contributed by atoms with van der Waals surface area (Å²) >= 11 is 0. The molecule has 9 nitrogen and oxygen atoms in total. The number of rotatable bonds is 6. The molecular formula is C29H32N6O3. The van der Waals surface area contributed by atoms with Crippen LogP contribution in [0.25, 0.3) is 11.1 Å². The van der Waals surface area contributed by atoms with Crippen LogP contribution in [0.2, 0.25) is 0 Å². The van der Waals surface area contributed by atoms with Crippen LogP contribution in [0.4, 0.5) is 11.4 Å². The Morgan fingerprint density at radius 2 is 1.68 bits per heavy atom. The van der Waals surface area contributed by atoms with Crippen molar-refractivity contribution in [2.24, 2.45) is 5.73 Å². The molecule has 2 saturated heterocycles. The van der Waals surface area contributed by atoms with E-state index in [2.05, 4.69) is 27.1 Å². The van der Waals surface area contributed by atoms with Crippen molar-refractivity contribution in [1.82, 2.24) is 14.8 Å². The van der Waals surface area contributed by atoms with E-state index < -0.39 is 11.9 Å². The Labute approximate surface area is 222 Å². The van der Waals surface area contributed by atoms with Crippen molar-refractivity contribution < 1.29 is 14.4 Å². The molecule has 0 aliphatic carbocycles. The summed E-state index contributed by atoms with van der Waals surface area (Å²) in [7, 11) is 2.11. The molecule has 196 valence electrons. The number of nitrogens with two attached hydrogens (primary N) is 1. The minimum atomic E-state index is -0.560. The first-order chi connectivity index (χ1) is 18.4.